The third kappa shape index (κ3) is 3.23. The molecular formula is C14H13ClN2O2. The van der Waals surface area contributed by atoms with E-state index in [0.717, 1.165) is 5.56 Å². The van der Waals surface area contributed by atoms with Gasteiger partial charge in [0.1, 0.15) is 6.61 Å². The molecule has 1 heterocycles. The quantitative estimate of drug-likeness (QED) is 0.691. The minimum Gasteiger partial charge on any atom is -0.457 e. The predicted molar refractivity (Wildman–Crippen MR) is 74.0 cm³/mol. The first-order valence-electron chi connectivity index (χ1n) is 5.69. The van der Waals surface area contributed by atoms with E-state index in [9.17, 15) is 4.79 Å². The van der Waals surface area contributed by atoms with E-state index in [0.29, 0.717) is 21.8 Å². The highest BCUT2D eigenvalue weighted by atomic mass is 35.5. The van der Waals surface area contributed by atoms with E-state index in [1.807, 2.05) is 6.92 Å². The van der Waals surface area contributed by atoms with Crippen LogP contribution in [0, 0.1) is 6.92 Å². The standard InChI is InChI=1S/C14H13ClN2O2/c1-9-2-3-11(16)6-12(9)14(18)19-8-10-4-5-17-7-13(10)15/h2-7H,8,16H2,1H3. The molecule has 0 fully saturated rings. The lowest BCUT2D eigenvalue weighted by atomic mass is 10.1. The van der Waals surface area contributed by atoms with Crippen LogP contribution in [0.5, 0.6) is 0 Å². The summed E-state index contributed by atoms with van der Waals surface area (Å²) in [4.78, 5) is 15.8. The molecule has 19 heavy (non-hydrogen) atoms. The fourth-order valence-corrected chi connectivity index (χ4v) is 1.78. The van der Waals surface area contributed by atoms with Gasteiger partial charge in [0.25, 0.3) is 0 Å². The SMILES string of the molecule is Cc1ccc(N)cc1C(=O)OCc1ccncc1Cl. The summed E-state index contributed by atoms with van der Waals surface area (Å²) >= 11 is 5.94. The van der Waals surface area contributed by atoms with Crippen molar-refractivity contribution in [1.82, 2.24) is 4.98 Å². The highest BCUT2D eigenvalue weighted by molar-refractivity contribution is 6.31. The second-order valence-electron chi connectivity index (χ2n) is 4.12. The summed E-state index contributed by atoms with van der Waals surface area (Å²) in [5.74, 6) is -0.419. The summed E-state index contributed by atoms with van der Waals surface area (Å²) in [5, 5.41) is 0.472. The van der Waals surface area contributed by atoms with Gasteiger partial charge in [0, 0.05) is 23.6 Å². The molecule has 2 rings (SSSR count). The van der Waals surface area contributed by atoms with Gasteiger partial charge in [-0.15, -0.1) is 0 Å². The number of nitrogen functional groups attached to an aromatic ring is 1. The molecule has 2 aromatic rings. The molecule has 0 saturated carbocycles. The molecule has 5 heteroatoms. The topological polar surface area (TPSA) is 65.2 Å². The molecule has 4 nitrogen and oxygen atoms in total. The highest BCUT2D eigenvalue weighted by Crippen LogP contribution is 2.17. The number of ether oxygens (including phenoxy) is 1. The van der Waals surface area contributed by atoms with Crippen molar-refractivity contribution in [3.63, 3.8) is 0 Å². The molecule has 0 amide bonds. The van der Waals surface area contributed by atoms with Crippen molar-refractivity contribution in [3.05, 3.63) is 58.4 Å². The van der Waals surface area contributed by atoms with Gasteiger partial charge in [0.2, 0.25) is 0 Å². The van der Waals surface area contributed by atoms with Crippen LogP contribution in [0.15, 0.2) is 36.7 Å². The Morgan fingerprint density at radius 2 is 2.21 bits per heavy atom. The maximum absolute atomic E-state index is 12.0. The molecule has 0 bridgehead atoms. The van der Waals surface area contributed by atoms with Crippen molar-refractivity contribution in [2.24, 2.45) is 0 Å². The predicted octanol–water partition coefficient (Wildman–Crippen LogP) is 2.98. The number of pyridine rings is 1. The Kier molecular flexibility index (Phi) is 4.02. The molecule has 1 aromatic carbocycles. The van der Waals surface area contributed by atoms with E-state index >= 15 is 0 Å². The van der Waals surface area contributed by atoms with E-state index in [2.05, 4.69) is 4.98 Å². The highest BCUT2D eigenvalue weighted by Gasteiger charge is 2.12. The molecule has 0 spiro atoms. The molecule has 0 atom stereocenters. The molecular weight excluding hydrogens is 264 g/mol. The average Bonchev–Trinajstić information content (AvgIpc) is 2.40. The lowest BCUT2D eigenvalue weighted by Gasteiger charge is -2.08. The minimum atomic E-state index is -0.419. The number of benzene rings is 1. The number of hydrogen-bond donors (Lipinski definition) is 1. The lowest BCUT2D eigenvalue weighted by molar-refractivity contribution is 0.0472. The summed E-state index contributed by atoms with van der Waals surface area (Å²) in [6.07, 6.45) is 3.11. The van der Waals surface area contributed by atoms with Crippen LogP contribution < -0.4 is 5.73 Å². The first kappa shape index (κ1) is 13.4. The number of aryl methyl sites for hydroxylation is 1. The second kappa shape index (κ2) is 5.71. The van der Waals surface area contributed by atoms with Crippen molar-refractivity contribution >= 4 is 23.3 Å². The number of anilines is 1. The Morgan fingerprint density at radius 3 is 2.95 bits per heavy atom. The fraction of sp³-hybridized carbons (Fsp3) is 0.143. The van der Waals surface area contributed by atoms with E-state index in [1.54, 1.807) is 30.5 Å². The lowest BCUT2D eigenvalue weighted by Crippen LogP contribution is -2.08. The van der Waals surface area contributed by atoms with Crippen LogP contribution >= 0.6 is 11.6 Å². The van der Waals surface area contributed by atoms with Crippen molar-refractivity contribution in [3.8, 4) is 0 Å². The zero-order valence-corrected chi connectivity index (χ0v) is 11.1. The Hall–Kier alpha value is -2.07. The number of hydrogen-bond acceptors (Lipinski definition) is 4. The largest absolute Gasteiger partial charge is 0.457 e. The Labute approximate surface area is 116 Å². The van der Waals surface area contributed by atoms with Gasteiger partial charge in [-0.25, -0.2) is 4.79 Å². The Bertz CT molecular complexity index is 614. The second-order valence-corrected chi connectivity index (χ2v) is 4.52. The van der Waals surface area contributed by atoms with E-state index in [1.165, 1.54) is 6.20 Å². The number of rotatable bonds is 3. The first-order valence-corrected chi connectivity index (χ1v) is 6.07. The van der Waals surface area contributed by atoms with E-state index in [-0.39, 0.29) is 6.61 Å². The van der Waals surface area contributed by atoms with Gasteiger partial charge in [0.15, 0.2) is 0 Å². The zero-order valence-electron chi connectivity index (χ0n) is 10.4. The zero-order chi connectivity index (χ0) is 13.8. The number of nitrogens with zero attached hydrogens (tertiary/aromatic N) is 1. The summed E-state index contributed by atoms with van der Waals surface area (Å²) in [7, 11) is 0. The molecule has 0 aliphatic heterocycles. The summed E-state index contributed by atoms with van der Waals surface area (Å²) in [6, 6.07) is 6.84. The summed E-state index contributed by atoms with van der Waals surface area (Å²) < 4.78 is 5.22. The Morgan fingerprint density at radius 1 is 1.42 bits per heavy atom. The maximum atomic E-state index is 12.0. The van der Waals surface area contributed by atoms with Crippen LogP contribution in [0.4, 0.5) is 5.69 Å². The molecule has 1 aromatic heterocycles. The molecule has 0 unspecified atom stereocenters. The van der Waals surface area contributed by atoms with Crippen molar-refractivity contribution in [1.29, 1.82) is 0 Å². The summed E-state index contributed by atoms with van der Waals surface area (Å²) in [5.41, 5.74) is 8.18. The molecule has 98 valence electrons. The van der Waals surface area contributed by atoms with Gasteiger partial charge in [-0.1, -0.05) is 17.7 Å². The van der Waals surface area contributed by atoms with Gasteiger partial charge in [-0.05, 0) is 30.7 Å². The molecule has 0 aliphatic rings. The van der Waals surface area contributed by atoms with Crippen molar-refractivity contribution in [2.75, 3.05) is 5.73 Å². The van der Waals surface area contributed by atoms with Crippen LogP contribution in [0.3, 0.4) is 0 Å². The number of aromatic nitrogens is 1. The molecule has 2 N–H and O–H groups in total. The van der Waals surface area contributed by atoms with Gasteiger partial charge in [0.05, 0.1) is 10.6 Å². The molecule has 0 radical (unpaired) electrons. The number of carbonyl (C=O) groups excluding carboxylic acids is 1. The molecule has 0 aliphatic carbocycles. The Balaban J connectivity index is 2.10. The van der Waals surface area contributed by atoms with Crippen LogP contribution in [0.2, 0.25) is 5.02 Å². The fourth-order valence-electron chi connectivity index (χ4n) is 1.60. The minimum absolute atomic E-state index is 0.106. The summed E-state index contributed by atoms with van der Waals surface area (Å²) in [6.45, 7) is 1.93. The normalized spacial score (nSPS) is 10.2. The number of nitrogens with two attached hydrogens (primary N) is 1. The van der Waals surface area contributed by atoms with Gasteiger partial charge >= 0.3 is 5.97 Å². The van der Waals surface area contributed by atoms with Crippen molar-refractivity contribution < 1.29 is 9.53 Å². The van der Waals surface area contributed by atoms with Gasteiger partial charge in [-0.2, -0.15) is 0 Å². The average molecular weight is 277 g/mol. The van der Waals surface area contributed by atoms with Crippen LogP contribution in [-0.4, -0.2) is 11.0 Å². The first-order chi connectivity index (χ1) is 9.08. The van der Waals surface area contributed by atoms with Gasteiger partial charge in [-0.3, -0.25) is 4.98 Å². The smallest absolute Gasteiger partial charge is 0.338 e. The van der Waals surface area contributed by atoms with Crippen LogP contribution in [-0.2, 0) is 11.3 Å². The number of halogens is 1. The maximum Gasteiger partial charge on any atom is 0.338 e. The van der Waals surface area contributed by atoms with Gasteiger partial charge < -0.3 is 10.5 Å². The monoisotopic (exact) mass is 276 g/mol. The molecule has 0 saturated heterocycles. The van der Waals surface area contributed by atoms with Crippen LogP contribution in [0.1, 0.15) is 21.5 Å². The van der Waals surface area contributed by atoms with E-state index in [4.69, 9.17) is 22.1 Å². The third-order valence-corrected chi connectivity index (χ3v) is 3.04. The van der Waals surface area contributed by atoms with E-state index < -0.39 is 5.97 Å². The number of carbonyl (C=O) groups is 1. The number of esters is 1. The van der Waals surface area contributed by atoms with Crippen molar-refractivity contribution in [2.45, 2.75) is 13.5 Å². The third-order valence-electron chi connectivity index (χ3n) is 2.70. The van der Waals surface area contributed by atoms with Crippen LogP contribution in [0.25, 0.3) is 0 Å².